The molecule has 190 valence electrons. The number of unbranched alkanes of at least 4 members (excludes halogenated alkanes) is 1. The molecule has 0 spiro atoms. The van der Waals surface area contributed by atoms with E-state index in [1.165, 1.54) is 11.1 Å². The number of nitrogens with one attached hydrogen (secondary N) is 1. The fourth-order valence-electron chi connectivity index (χ4n) is 3.58. The van der Waals surface area contributed by atoms with Crippen molar-refractivity contribution in [2.45, 2.75) is 89.9 Å². The molecular formula is C28H43NO4S. The zero-order valence-corrected chi connectivity index (χ0v) is 22.8. The van der Waals surface area contributed by atoms with Crippen molar-refractivity contribution in [3.8, 4) is 11.5 Å². The Morgan fingerprint density at radius 1 is 0.824 bits per heavy atom. The van der Waals surface area contributed by atoms with Crippen LogP contribution in [-0.2, 0) is 20.9 Å². The van der Waals surface area contributed by atoms with Gasteiger partial charge in [-0.1, -0.05) is 53.7 Å². The molecule has 0 fully saturated rings. The fraction of sp³-hybridized carbons (Fsp3) is 0.571. The van der Waals surface area contributed by atoms with Gasteiger partial charge in [0.25, 0.3) is 0 Å². The largest absolute Gasteiger partial charge is 0.494 e. The molecule has 0 saturated carbocycles. The van der Waals surface area contributed by atoms with Gasteiger partial charge in [-0.3, -0.25) is 0 Å². The Hall–Kier alpha value is -2.05. The van der Waals surface area contributed by atoms with Crippen LogP contribution in [0.3, 0.4) is 0 Å². The van der Waals surface area contributed by atoms with Crippen LogP contribution in [0, 0.1) is 0 Å². The van der Waals surface area contributed by atoms with Gasteiger partial charge < -0.3 is 9.47 Å². The zero-order chi connectivity index (χ0) is 25.4. The SMILES string of the molecule is CCOc1ccc(S(=O)(=O)NCCCCOc2ccc(C(C)(C)CC)cc2C(C)(C)CC)cc1. The lowest BCUT2D eigenvalue weighted by molar-refractivity contribution is 0.296. The molecule has 2 rings (SSSR count). The van der Waals surface area contributed by atoms with Crippen molar-refractivity contribution in [1.29, 1.82) is 0 Å². The third-order valence-corrected chi connectivity index (χ3v) is 8.30. The van der Waals surface area contributed by atoms with Crippen LogP contribution in [0.25, 0.3) is 0 Å². The summed E-state index contributed by atoms with van der Waals surface area (Å²) in [4.78, 5) is 0.244. The predicted molar refractivity (Wildman–Crippen MR) is 141 cm³/mol. The first-order valence-corrected chi connectivity index (χ1v) is 14.0. The van der Waals surface area contributed by atoms with Crippen LogP contribution in [0.5, 0.6) is 11.5 Å². The molecule has 6 heteroatoms. The lowest BCUT2D eigenvalue weighted by Crippen LogP contribution is -2.25. The highest BCUT2D eigenvalue weighted by Gasteiger charge is 2.26. The molecule has 2 aromatic carbocycles. The highest BCUT2D eigenvalue weighted by atomic mass is 32.2. The average molecular weight is 490 g/mol. The lowest BCUT2D eigenvalue weighted by Gasteiger charge is -2.30. The van der Waals surface area contributed by atoms with E-state index in [2.05, 4.69) is 64.5 Å². The smallest absolute Gasteiger partial charge is 0.240 e. The Balaban J connectivity index is 1.93. The standard InChI is InChI=1S/C28H43NO4S/c1-8-27(4,5)22-13-18-26(25(21-22)28(6,7)9-2)33-20-12-11-19-29-34(30,31)24-16-14-23(15-17-24)32-10-3/h13-18,21,29H,8-12,19-20H2,1-7H3. The third-order valence-electron chi connectivity index (χ3n) is 6.82. The quantitative estimate of drug-likeness (QED) is 0.304. The molecule has 0 aliphatic heterocycles. The fourth-order valence-corrected chi connectivity index (χ4v) is 4.66. The summed E-state index contributed by atoms with van der Waals surface area (Å²) in [5.41, 5.74) is 2.72. The first-order valence-electron chi connectivity index (χ1n) is 12.5. The minimum Gasteiger partial charge on any atom is -0.494 e. The van der Waals surface area contributed by atoms with Crippen LogP contribution in [-0.4, -0.2) is 28.2 Å². The molecule has 5 nitrogen and oxygen atoms in total. The summed E-state index contributed by atoms with van der Waals surface area (Å²) >= 11 is 0. The zero-order valence-electron chi connectivity index (χ0n) is 22.0. The molecule has 0 bridgehead atoms. The molecule has 0 aliphatic carbocycles. The topological polar surface area (TPSA) is 64.6 Å². The molecular weight excluding hydrogens is 446 g/mol. The highest BCUT2D eigenvalue weighted by molar-refractivity contribution is 7.89. The van der Waals surface area contributed by atoms with Gasteiger partial charge in [-0.25, -0.2) is 13.1 Å². The number of ether oxygens (including phenoxy) is 2. The Bertz CT molecular complexity index is 1010. The van der Waals surface area contributed by atoms with Crippen molar-refractivity contribution in [3.05, 3.63) is 53.6 Å². The normalized spacial score (nSPS) is 12.6. The van der Waals surface area contributed by atoms with Crippen LogP contribution in [0.15, 0.2) is 47.4 Å². The van der Waals surface area contributed by atoms with E-state index in [4.69, 9.17) is 9.47 Å². The minimum absolute atomic E-state index is 0.0164. The van der Waals surface area contributed by atoms with Gasteiger partial charge in [0.1, 0.15) is 11.5 Å². The van der Waals surface area contributed by atoms with E-state index in [1.54, 1.807) is 24.3 Å². The number of benzene rings is 2. The van der Waals surface area contributed by atoms with Crippen LogP contribution in [0.2, 0.25) is 0 Å². The van der Waals surface area contributed by atoms with E-state index in [-0.39, 0.29) is 15.7 Å². The maximum atomic E-state index is 12.5. The van der Waals surface area contributed by atoms with Crippen molar-refractivity contribution in [1.82, 2.24) is 4.72 Å². The second-order valence-electron chi connectivity index (χ2n) is 10.0. The molecule has 0 amide bonds. The van der Waals surface area contributed by atoms with Crippen molar-refractivity contribution in [2.75, 3.05) is 19.8 Å². The van der Waals surface area contributed by atoms with Crippen LogP contribution in [0.4, 0.5) is 0 Å². The van der Waals surface area contributed by atoms with Gasteiger partial charge in [0.15, 0.2) is 0 Å². The molecule has 0 saturated heterocycles. The summed E-state index contributed by atoms with van der Waals surface area (Å²) in [5.74, 6) is 1.59. The lowest BCUT2D eigenvalue weighted by atomic mass is 9.76. The predicted octanol–water partition coefficient (Wildman–Crippen LogP) is 6.60. The molecule has 2 aromatic rings. The Morgan fingerprint density at radius 2 is 1.47 bits per heavy atom. The number of hydrogen-bond donors (Lipinski definition) is 1. The molecule has 0 aliphatic rings. The van der Waals surface area contributed by atoms with Crippen molar-refractivity contribution >= 4 is 10.0 Å². The molecule has 0 unspecified atom stereocenters. The number of hydrogen-bond acceptors (Lipinski definition) is 4. The summed E-state index contributed by atoms with van der Waals surface area (Å²) in [6.45, 7) is 16.9. The Labute approximate surface area is 207 Å². The summed E-state index contributed by atoms with van der Waals surface area (Å²) in [6.07, 6.45) is 3.56. The average Bonchev–Trinajstić information content (AvgIpc) is 2.81. The van der Waals surface area contributed by atoms with Crippen molar-refractivity contribution < 1.29 is 17.9 Å². The minimum atomic E-state index is -3.53. The van der Waals surface area contributed by atoms with E-state index in [0.717, 1.165) is 25.0 Å². The van der Waals surface area contributed by atoms with E-state index in [1.807, 2.05) is 6.92 Å². The molecule has 34 heavy (non-hydrogen) atoms. The maximum absolute atomic E-state index is 12.5. The number of rotatable bonds is 14. The van der Waals surface area contributed by atoms with Gasteiger partial charge in [0, 0.05) is 12.1 Å². The van der Waals surface area contributed by atoms with Gasteiger partial charge in [0.2, 0.25) is 10.0 Å². The number of sulfonamides is 1. The van der Waals surface area contributed by atoms with Crippen LogP contribution < -0.4 is 14.2 Å². The van der Waals surface area contributed by atoms with E-state index >= 15 is 0 Å². The Morgan fingerprint density at radius 3 is 2.06 bits per heavy atom. The first kappa shape index (κ1) is 28.2. The Kier molecular flexibility index (Phi) is 10.0. The van der Waals surface area contributed by atoms with Gasteiger partial charge in [-0.15, -0.1) is 0 Å². The van der Waals surface area contributed by atoms with Gasteiger partial charge in [0.05, 0.1) is 18.1 Å². The summed E-state index contributed by atoms with van der Waals surface area (Å²) in [5, 5.41) is 0. The monoisotopic (exact) mass is 489 g/mol. The molecule has 0 heterocycles. The van der Waals surface area contributed by atoms with Gasteiger partial charge in [-0.05, 0) is 79.3 Å². The van der Waals surface area contributed by atoms with Gasteiger partial charge >= 0.3 is 0 Å². The van der Waals surface area contributed by atoms with E-state index in [9.17, 15) is 8.42 Å². The van der Waals surface area contributed by atoms with E-state index < -0.39 is 10.0 Å². The summed E-state index contributed by atoms with van der Waals surface area (Å²) < 4.78 is 39.2. The molecule has 0 atom stereocenters. The van der Waals surface area contributed by atoms with Crippen molar-refractivity contribution in [2.24, 2.45) is 0 Å². The molecule has 0 radical (unpaired) electrons. The second-order valence-corrected chi connectivity index (χ2v) is 11.8. The summed E-state index contributed by atoms with van der Waals surface area (Å²) in [6, 6.07) is 13.1. The first-order chi connectivity index (χ1) is 16.0. The van der Waals surface area contributed by atoms with Crippen LogP contribution in [0.1, 0.15) is 85.3 Å². The third kappa shape index (κ3) is 7.47. The van der Waals surface area contributed by atoms with Gasteiger partial charge in [-0.2, -0.15) is 0 Å². The second kappa shape index (κ2) is 12.1. The van der Waals surface area contributed by atoms with Crippen LogP contribution >= 0.6 is 0 Å². The summed E-state index contributed by atoms with van der Waals surface area (Å²) in [7, 11) is -3.53. The highest BCUT2D eigenvalue weighted by Crippen LogP contribution is 2.38. The van der Waals surface area contributed by atoms with E-state index in [0.29, 0.717) is 31.9 Å². The maximum Gasteiger partial charge on any atom is 0.240 e. The molecule has 0 aromatic heterocycles. The van der Waals surface area contributed by atoms with Crippen molar-refractivity contribution in [3.63, 3.8) is 0 Å². The molecule has 1 N–H and O–H groups in total.